The van der Waals surface area contributed by atoms with Gasteiger partial charge in [0.1, 0.15) is 4.88 Å². The van der Waals surface area contributed by atoms with Crippen molar-refractivity contribution < 1.29 is 9.90 Å². The summed E-state index contributed by atoms with van der Waals surface area (Å²) in [5, 5.41) is 14.3. The Morgan fingerprint density at radius 2 is 2.24 bits per heavy atom. The summed E-state index contributed by atoms with van der Waals surface area (Å²) in [5.74, 6) is 0.131. The van der Waals surface area contributed by atoms with Gasteiger partial charge in [-0.1, -0.05) is 25.4 Å². The second-order valence-electron chi connectivity index (χ2n) is 4.40. The van der Waals surface area contributed by atoms with Crippen molar-refractivity contribution in [2.45, 2.75) is 33.2 Å². The van der Waals surface area contributed by atoms with Gasteiger partial charge in [-0.25, -0.2) is 0 Å². The molecule has 0 saturated heterocycles. The van der Waals surface area contributed by atoms with E-state index in [0.717, 1.165) is 5.56 Å². The van der Waals surface area contributed by atoms with Crippen LogP contribution in [0.1, 0.15) is 35.5 Å². The molecule has 5 heteroatoms. The highest BCUT2D eigenvalue weighted by atomic mass is 35.5. The fourth-order valence-electron chi connectivity index (χ4n) is 1.53. The lowest BCUT2D eigenvalue weighted by Gasteiger charge is -2.21. The maximum absolute atomic E-state index is 12.0. The van der Waals surface area contributed by atoms with E-state index in [9.17, 15) is 4.79 Å². The molecule has 1 heterocycles. The van der Waals surface area contributed by atoms with Crippen LogP contribution in [0.4, 0.5) is 0 Å². The van der Waals surface area contributed by atoms with Crippen LogP contribution in [0.5, 0.6) is 0 Å². The monoisotopic (exact) mass is 275 g/mol. The van der Waals surface area contributed by atoms with E-state index in [1.165, 1.54) is 11.3 Å². The SMILES string of the molecule is Cc1csc(C(=O)NC(CCO)C(C)C)c1Cl. The molecule has 1 unspecified atom stereocenters. The molecule has 1 rings (SSSR count). The molecule has 0 aromatic carbocycles. The van der Waals surface area contributed by atoms with E-state index >= 15 is 0 Å². The molecular weight excluding hydrogens is 258 g/mol. The minimum atomic E-state index is -0.153. The van der Waals surface area contributed by atoms with Crippen molar-refractivity contribution in [2.75, 3.05) is 6.61 Å². The van der Waals surface area contributed by atoms with Crippen LogP contribution in [0, 0.1) is 12.8 Å². The number of hydrogen-bond acceptors (Lipinski definition) is 3. The van der Waals surface area contributed by atoms with Crippen molar-refractivity contribution in [3.05, 3.63) is 20.8 Å². The van der Waals surface area contributed by atoms with Crippen LogP contribution in [-0.2, 0) is 0 Å². The molecule has 17 heavy (non-hydrogen) atoms. The first kappa shape index (κ1) is 14.5. The van der Waals surface area contributed by atoms with Crippen LogP contribution in [0.15, 0.2) is 5.38 Å². The highest BCUT2D eigenvalue weighted by molar-refractivity contribution is 7.13. The maximum Gasteiger partial charge on any atom is 0.263 e. The third kappa shape index (κ3) is 3.69. The summed E-state index contributed by atoms with van der Waals surface area (Å²) in [6, 6.07) is -0.0222. The van der Waals surface area contributed by atoms with Crippen LogP contribution < -0.4 is 5.32 Å². The van der Waals surface area contributed by atoms with Crippen molar-refractivity contribution in [3.8, 4) is 0 Å². The van der Waals surface area contributed by atoms with Gasteiger partial charge in [0.25, 0.3) is 5.91 Å². The predicted octanol–water partition coefficient (Wildman–Crippen LogP) is 2.85. The number of aliphatic hydroxyl groups excluding tert-OH is 1. The molecule has 1 aromatic rings. The Kier molecular flexibility index (Phi) is 5.43. The Hall–Kier alpha value is -0.580. The zero-order chi connectivity index (χ0) is 13.0. The van der Waals surface area contributed by atoms with Gasteiger partial charge in [-0.05, 0) is 30.2 Å². The highest BCUT2D eigenvalue weighted by Gasteiger charge is 2.20. The minimum Gasteiger partial charge on any atom is -0.396 e. The van der Waals surface area contributed by atoms with Crippen molar-refractivity contribution in [1.29, 1.82) is 0 Å². The van der Waals surface area contributed by atoms with Gasteiger partial charge in [0, 0.05) is 12.6 Å². The molecular formula is C12H18ClNO2S. The molecule has 0 radical (unpaired) electrons. The summed E-state index contributed by atoms with van der Waals surface area (Å²) in [5.41, 5.74) is 0.921. The fraction of sp³-hybridized carbons (Fsp3) is 0.583. The molecule has 1 atom stereocenters. The lowest BCUT2D eigenvalue weighted by atomic mass is 10.0. The van der Waals surface area contributed by atoms with Gasteiger partial charge < -0.3 is 10.4 Å². The number of carbonyl (C=O) groups is 1. The molecule has 96 valence electrons. The third-order valence-corrected chi connectivity index (χ3v) is 4.36. The van der Waals surface area contributed by atoms with Crippen molar-refractivity contribution in [2.24, 2.45) is 5.92 Å². The van der Waals surface area contributed by atoms with E-state index < -0.39 is 0 Å². The molecule has 0 aliphatic rings. The van der Waals surface area contributed by atoms with Crippen molar-refractivity contribution >= 4 is 28.8 Å². The van der Waals surface area contributed by atoms with E-state index in [2.05, 4.69) is 5.32 Å². The summed E-state index contributed by atoms with van der Waals surface area (Å²) in [4.78, 5) is 12.6. The maximum atomic E-state index is 12.0. The van der Waals surface area contributed by atoms with E-state index in [-0.39, 0.29) is 24.5 Å². The first-order valence-corrected chi connectivity index (χ1v) is 6.88. The highest BCUT2D eigenvalue weighted by Crippen LogP contribution is 2.27. The van der Waals surface area contributed by atoms with Gasteiger partial charge in [-0.3, -0.25) is 4.79 Å². The van der Waals surface area contributed by atoms with Gasteiger partial charge in [-0.15, -0.1) is 11.3 Å². The van der Waals surface area contributed by atoms with E-state index in [1.54, 1.807) is 0 Å². The molecule has 0 saturated carbocycles. The van der Waals surface area contributed by atoms with Crippen LogP contribution in [-0.4, -0.2) is 23.7 Å². The van der Waals surface area contributed by atoms with E-state index in [0.29, 0.717) is 16.3 Å². The molecule has 3 nitrogen and oxygen atoms in total. The average molecular weight is 276 g/mol. The summed E-state index contributed by atoms with van der Waals surface area (Å²) in [7, 11) is 0. The Morgan fingerprint density at radius 3 is 2.65 bits per heavy atom. The summed E-state index contributed by atoms with van der Waals surface area (Å²) in [6.07, 6.45) is 0.561. The molecule has 1 aromatic heterocycles. The lowest BCUT2D eigenvalue weighted by Crippen LogP contribution is -2.39. The normalized spacial score (nSPS) is 12.8. The predicted molar refractivity (Wildman–Crippen MR) is 71.9 cm³/mol. The first-order valence-electron chi connectivity index (χ1n) is 5.62. The molecule has 2 N–H and O–H groups in total. The molecule has 1 amide bonds. The molecule has 0 fully saturated rings. The zero-order valence-electron chi connectivity index (χ0n) is 10.3. The average Bonchev–Trinajstić information content (AvgIpc) is 2.59. The summed E-state index contributed by atoms with van der Waals surface area (Å²) in [6.45, 7) is 5.98. The Labute approximate surface area is 111 Å². The number of hydrogen-bond donors (Lipinski definition) is 2. The molecule has 0 aliphatic carbocycles. The van der Waals surface area contributed by atoms with Gasteiger partial charge >= 0.3 is 0 Å². The van der Waals surface area contributed by atoms with Gasteiger partial charge in [-0.2, -0.15) is 0 Å². The number of nitrogens with one attached hydrogen (secondary N) is 1. The minimum absolute atomic E-state index is 0.0222. The number of carbonyl (C=O) groups excluding carboxylic acids is 1. The molecule has 0 spiro atoms. The lowest BCUT2D eigenvalue weighted by molar-refractivity contribution is 0.0921. The van der Waals surface area contributed by atoms with Crippen molar-refractivity contribution in [1.82, 2.24) is 5.32 Å². The Morgan fingerprint density at radius 1 is 1.59 bits per heavy atom. The second-order valence-corrected chi connectivity index (χ2v) is 5.66. The smallest absolute Gasteiger partial charge is 0.263 e. The standard InChI is InChI=1S/C12H18ClNO2S/c1-7(2)9(4-5-15)14-12(16)11-10(13)8(3)6-17-11/h6-7,9,15H,4-5H2,1-3H3,(H,14,16). The van der Waals surface area contributed by atoms with E-state index in [1.807, 2.05) is 26.2 Å². The fourth-order valence-corrected chi connectivity index (χ4v) is 2.71. The Balaban J connectivity index is 2.74. The number of aliphatic hydroxyl groups is 1. The number of amides is 1. The van der Waals surface area contributed by atoms with Crippen molar-refractivity contribution in [3.63, 3.8) is 0 Å². The topological polar surface area (TPSA) is 49.3 Å². The first-order chi connectivity index (χ1) is 7.97. The number of thiophene rings is 1. The third-order valence-electron chi connectivity index (χ3n) is 2.67. The Bertz CT molecular complexity index is 390. The zero-order valence-corrected chi connectivity index (χ0v) is 11.9. The van der Waals surface area contributed by atoms with Gasteiger partial charge in [0.05, 0.1) is 5.02 Å². The summed E-state index contributed by atoms with van der Waals surface area (Å²) < 4.78 is 0. The van der Waals surface area contributed by atoms with Crippen LogP contribution in [0.25, 0.3) is 0 Å². The molecule has 0 bridgehead atoms. The van der Waals surface area contributed by atoms with Crippen LogP contribution in [0.3, 0.4) is 0 Å². The van der Waals surface area contributed by atoms with Gasteiger partial charge in [0.2, 0.25) is 0 Å². The number of halogens is 1. The van der Waals surface area contributed by atoms with Gasteiger partial charge in [0.15, 0.2) is 0 Å². The second kappa shape index (κ2) is 6.38. The van der Waals surface area contributed by atoms with Crippen LogP contribution >= 0.6 is 22.9 Å². The quantitative estimate of drug-likeness (QED) is 0.868. The largest absolute Gasteiger partial charge is 0.396 e. The summed E-state index contributed by atoms with van der Waals surface area (Å²) >= 11 is 7.39. The molecule has 0 aliphatic heterocycles. The van der Waals surface area contributed by atoms with Crippen LogP contribution in [0.2, 0.25) is 5.02 Å². The number of rotatable bonds is 5. The number of aryl methyl sites for hydroxylation is 1. The van der Waals surface area contributed by atoms with E-state index in [4.69, 9.17) is 16.7 Å².